The van der Waals surface area contributed by atoms with E-state index < -0.39 is 11.8 Å². The molecule has 0 aromatic heterocycles. The van der Waals surface area contributed by atoms with Crippen molar-refractivity contribution in [1.29, 1.82) is 5.41 Å². The highest BCUT2D eigenvalue weighted by molar-refractivity contribution is 6.06. The van der Waals surface area contributed by atoms with Crippen molar-refractivity contribution in [3.05, 3.63) is 46.3 Å². The first-order chi connectivity index (χ1) is 17.8. The average molecular weight is 530 g/mol. The number of carboxylic acid groups (broad SMARTS) is 1. The molecule has 1 aliphatic heterocycles. The number of nitrogens with one attached hydrogen (secondary N) is 1. The van der Waals surface area contributed by atoms with Gasteiger partial charge in [-0.25, -0.2) is 4.39 Å². The van der Waals surface area contributed by atoms with Crippen LogP contribution in [0.15, 0.2) is 18.2 Å². The smallest absolute Gasteiger partial charge is 0.303 e. The van der Waals surface area contributed by atoms with E-state index in [-0.39, 0.29) is 60.2 Å². The second-order valence-electron chi connectivity index (χ2n) is 10.5. The van der Waals surface area contributed by atoms with Crippen LogP contribution in [0.5, 0.6) is 17.2 Å². The lowest BCUT2D eigenvalue weighted by Crippen LogP contribution is -2.31. The highest BCUT2D eigenvalue weighted by Gasteiger charge is 2.33. The van der Waals surface area contributed by atoms with E-state index >= 15 is 4.39 Å². The number of halogens is 1. The Bertz CT molecular complexity index is 1250. The summed E-state index contributed by atoms with van der Waals surface area (Å²) in [7, 11) is 6.44. The molecule has 0 atom stereocenters. The number of hydrogen-bond donors (Lipinski definition) is 2. The third-order valence-electron chi connectivity index (χ3n) is 6.40. The molecule has 2 N–H and O–H groups in total. The molecular weight excluding hydrogens is 493 g/mol. The van der Waals surface area contributed by atoms with E-state index in [1.807, 2.05) is 39.8 Å². The summed E-state index contributed by atoms with van der Waals surface area (Å²) in [4.78, 5) is 27.8. The van der Waals surface area contributed by atoms with Crippen LogP contribution in [0.2, 0.25) is 0 Å². The van der Waals surface area contributed by atoms with Crippen LogP contribution < -0.4 is 19.1 Å². The van der Waals surface area contributed by atoms with Crippen molar-refractivity contribution in [1.82, 2.24) is 4.90 Å². The number of carboxylic acids is 1. The Morgan fingerprint density at radius 1 is 1.13 bits per heavy atom. The number of rotatable bonds is 11. The second-order valence-corrected chi connectivity index (χ2v) is 10.5. The Labute approximate surface area is 222 Å². The number of carbonyl (C=O) groups is 2. The topological polar surface area (TPSA) is 112 Å². The molecule has 0 spiro atoms. The second kappa shape index (κ2) is 11.3. The molecule has 38 heavy (non-hydrogen) atoms. The normalized spacial score (nSPS) is 12.8. The molecule has 10 heteroatoms. The number of ether oxygens (including phenoxy) is 3. The summed E-state index contributed by atoms with van der Waals surface area (Å²) in [5.74, 6) is -1.13. The van der Waals surface area contributed by atoms with Gasteiger partial charge in [0.25, 0.3) is 0 Å². The highest BCUT2D eigenvalue weighted by Crippen LogP contribution is 2.41. The van der Waals surface area contributed by atoms with E-state index in [4.69, 9.17) is 24.7 Å². The van der Waals surface area contributed by atoms with Crippen LogP contribution in [0.1, 0.15) is 60.7 Å². The van der Waals surface area contributed by atoms with Gasteiger partial charge in [0.2, 0.25) is 0 Å². The molecule has 3 rings (SSSR count). The van der Waals surface area contributed by atoms with E-state index in [2.05, 4.69) is 0 Å². The zero-order chi connectivity index (χ0) is 28.4. The van der Waals surface area contributed by atoms with Crippen molar-refractivity contribution in [3.63, 3.8) is 0 Å². The highest BCUT2D eigenvalue weighted by atomic mass is 19.1. The van der Waals surface area contributed by atoms with E-state index in [0.717, 1.165) is 5.56 Å². The van der Waals surface area contributed by atoms with E-state index in [1.165, 1.54) is 19.1 Å². The summed E-state index contributed by atoms with van der Waals surface area (Å²) in [5.41, 5.74) is 2.21. The summed E-state index contributed by atoms with van der Waals surface area (Å²) >= 11 is 0. The molecule has 0 fully saturated rings. The van der Waals surface area contributed by atoms with Gasteiger partial charge in [0.05, 0.1) is 38.6 Å². The molecule has 0 aliphatic carbocycles. The van der Waals surface area contributed by atoms with Crippen molar-refractivity contribution >= 4 is 23.3 Å². The predicted octanol–water partition coefficient (Wildman–Crippen LogP) is 4.47. The van der Waals surface area contributed by atoms with Crippen molar-refractivity contribution in [2.75, 3.05) is 46.4 Å². The van der Waals surface area contributed by atoms with Gasteiger partial charge in [-0.2, -0.15) is 0 Å². The zero-order valence-corrected chi connectivity index (χ0v) is 23.0. The fourth-order valence-electron chi connectivity index (χ4n) is 4.44. The quantitative estimate of drug-likeness (QED) is 0.324. The molecule has 0 saturated heterocycles. The first kappa shape index (κ1) is 28.7. The molecular formula is C28H36FN3O6. The largest absolute Gasteiger partial charge is 0.493 e. The summed E-state index contributed by atoms with van der Waals surface area (Å²) in [6, 6.07) is 5.17. The van der Waals surface area contributed by atoms with Gasteiger partial charge in [-0.15, -0.1) is 0 Å². The molecule has 9 nitrogen and oxygen atoms in total. The molecule has 0 bridgehead atoms. The van der Waals surface area contributed by atoms with E-state index in [1.54, 1.807) is 18.2 Å². The van der Waals surface area contributed by atoms with Crippen LogP contribution in [0.25, 0.3) is 0 Å². The number of hydrogen-bond acceptors (Lipinski definition) is 7. The fraction of sp³-hybridized carbons (Fsp3) is 0.464. The van der Waals surface area contributed by atoms with Crippen LogP contribution >= 0.6 is 0 Å². The minimum absolute atomic E-state index is 0.00123. The number of amidine groups is 1. The van der Waals surface area contributed by atoms with E-state index in [0.29, 0.717) is 29.0 Å². The summed E-state index contributed by atoms with van der Waals surface area (Å²) in [5, 5.41) is 17.5. The zero-order valence-electron chi connectivity index (χ0n) is 23.0. The van der Waals surface area contributed by atoms with Gasteiger partial charge in [-0.05, 0) is 35.6 Å². The molecule has 1 aliphatic rings. The number of ketones is 1. The van der Waals surface area contributed by atoms with Crippen molar-refractivity contribution in [2.24, 2.45) is 0 Å². The Morgan fingerprint density at radius 2 is 1.82 bits per heavy atom. The standard InChI is InChI=1S/C28H36FN3O6/c1-28(2,3)18-11-16(12-19(31(4)5)25(18)38-10-8-9-22(34)35)20(33)15-32-14-17-13-21(36-6)26(37-7)24(29)23(17)27(32)30/h11-13,30H,8-10,14-15H2,1-7H3,(H,34,35). The van der Waals surface area contributed by atoms with E-state index in [9.17, 15) is 9.59 Å². The molecule has 2 aromatic carbocycles. The van der Waals surface area contributed by atoms with Crippen LogP contribution in [0, 0.1) is 11.2 Å². The molecule has 1 heterocycles. The van der Waals surface area contributed by atoms with Gasteiger partial charge in [0.15, 0.2) is 23.1 Å². The average Bonchev–Trinajstić information content (AvgIpc) is 3.15. The van der Waals surface area contributed by atoms with Gasteiger partial charge in [0.1, 0.15) is 11.6 Å². The number of benzene rings is 2. The van der Waals surface area contributed by atoms with Gasteiger partial charge in [-0.1, -0.05) is 20.8 Å². The van der Waals surface area contributed by atoms with Gasteiger partial charge in [0, 0.05) is 38.2 Å². The number of aliphatic carboxylic acids is 1. The first-order valence-corrected chi connectivity index (χ1v) is 12.3. The lowest BCUT2D eigenvalue weighted by molar-refractivity contribution is -0.137. The van der Waals surface area contributed by atoms with Crippen molar-refractivity contribution in [2.45, 2.75) is 45.6 Å². The predicted molar refractivity (Wildman–Crippen MR) is 143 cm³/mol. The fourth-order valence-corrected chi connectivity index (χ4v) is 4.44. The monoisotopic (exact) mass is 529 g/mol. The number of methoxy groups -OCH3 is 2. The lowest BCUT2D eigenvalue weighted by Gasteiger charge is -2.28. The van der Waals surface area contributed by atoms with Crippen LogP contribution in [0.3, 0.4) is 0 Å². The minimum atomic E-state index is -0.884. The maximum atomic E-state index is 15.1. The van der Waals surface area contributed by atoms with Gasteiger partial charge < -0.3 is 29.1 Å². The Kier molecular flexibility index (Phi) is 8.54. The van der Waals surface area contributed by atoms with Gasteiger partial charge in [-0.3, -0.25) is 15.0 Å². The number of fused-ring (bicyclic) bond motifs is 1. The van der Waals surface area contributed by atoms with Crippen molar-refractivity contribution < 1.29 is 33.3 Å². The van der Waals surface area contributed by atoms with Crippen molar-refractivity contribution in [3.8, 4) is 17.2 Å². The number of anilines is 1. The number of carbonyl (C=O) groups excluding carboxylic acids is 1. The third kappa shape index (κ3) is 5.84. The third-order valence-corrected chi connectivity index (χ3v) is 6.40. The molecule has 0 radical (unpaired) electrons. The molecule has 206 valence electrons. The maximum absolute atomic E-state index is 15.1. The Hall–Kier alpha value is -3.82. The SMILES string of the molecule is COc1cc2c(c(F)c1OC)C(=N)N(CC(=O)c1cc(N(C)C)c(OCCCC(=O)O)c(C(C)(C)C)c1)C2. The minimum Gasteiger partial charge on any atom is -0.493 e. The molecule has 2 aromatic rings. The summed E-state index contributed by atoms with van der Waals surface area (Å²) < 4.78 is 31.6. The molecule has 0 amide bonds. The van der Waals surface area contributed by atoms with Crippen LogP contribution in [-0.2, 0) is 16.8 Å². The van der Waals surface area contributed by atoms with Crippen LogP contribution in [-0.4, -0.2) is 69.1 Å². The first-order valence-electron chi connectivity index (χ1n) is 12.3. The van der Waals surface area contributed by atoms with Crippen LogP contribution in [0.4, 0.5) is 10.1 Å². The molecule has 0 saturated carbocycles. The maximum Gasteiger partial charge on any atom is 0.303 e. The Balaban J connectivity index is 1.93. The number of nitrogens with zero attached hydrogens (tertiary/aromatic N) is 2. The summed E-state index contributed by atoms with van der Waals surface area (Å²) in [6.45, 7) is 6.33. The Morgan fingerprint density at radius 3 is 2.37 bits per heavy atom. The molecule has 0 unspecified atom stereocenters. The van der Waals surface area contributed by atoms with Gasteiger partial charge >= 0.3 is 5.97 Å². The lowest BCUT2D eigenvalue weighted by atomic mass is 9.84. The number of Topliss-reactive ketones (excluding diaryl/α,β-unsaturated/α-hetero) is 1. The summed E-state index contributed by atoms with van der Waals surface area (Å²) in [6.07, 6.45) is 0.359.